The number of ether oxygens (including phenoxy) is 1. The molecule has 30 heavy (non-hydrogen) atoms. The number of esters is 1. The highest BCUT2D eigenvalue weighted by Crippen LogP contribution is 2.69. The molecule has 0 aliphatic heterocycles. The second-order valence-corrected chi connectivity index (χ2v) is 10.3. The summed E-state index contributed by atoms with van der Waals surface area (Å²) in [5.74, 6) is -2.52. The number of carbonyl (C=O) groups excluding carboxylic acids is 2. The summed E-state index contributed by atoms with van der Waals surface area (Å²) in [5.41, 5.74) is -5.36. The van der Waals surface area contributed by atoms with E-state index in [1.807, 2.05) is 6.92 Å². The van der Waals surface area contributed by atoms with Gasteiger partial charge in [0.2, 0.25) is 0 Å². The molecule has 0 amide bonds. The van der Waals surface area contributed by atoms with Crippen LogP contribution in [-0.4, -0.2) is 73.9 Å². The third-order valence-electron chi connectivity index (χ3n) is 9.33. The minimum absolute atomic E-state index is 0.0899. The Morgan fingerprint density at radius 1 is 1.20 bits per heavy atom. The van der Waals surface area contributed by atoms with Crippen molar-refractivity contribution in [1.82, 2.24) is 0 Å². The summed E-state index contributed by atoms with van der Waals surface area (Å²) in [6.07, 6.45) is -1.42. The fourth-order valence-electron chi connectivity index (χ4n) is 7.94. The maximum absolute atomic E-state index is 12.6. The van der Waals surface area contributed by atoms with Crippen LogP contribution in [0.3, 0.4) is 0 Å². The van der Waals surface area contributed by atoms with Gasteiger partial charge in [-0.3, -0.25) is 9.59 Å². The first-order valence-corrected chi connectivity index (χ1v) is 11.1. The van der Waals surface area contributed by atoms with Gasteiger partial charge in [-0.05, 0) is 44.9 Å². The first-order chi connectivity index (χ1) is 14.0. The van der Waals surface area contributed by atoms with Crippen LogP contribution in [-0.2, 0) is 14.3 Å². The molecule has 8 heteroatoms. The van der Waals surface area contributed by atoms with Crippen molar-refractivity contribution < 1.29 is 39.9 Å². The van der Waals surface area contributed by atoms with E-state index in [0.717, 1.165) is 0 Å². The fraction of sp³-hybridized carbons (Fsp3) is 0.909. The molecule has 4 fully saturated rings. The molecular weight excluding hydrogens is 392 g/mol. The van der Waals surface area contributed by atoms with E-state index >= 15 is 0 Å². The van der Waals surface area contributed by atoms with E-state index in [4.69, 9.17) is 4.74 Å². The number of aliphatic hydroxyl groups is 5. The van der Waals surface area contributed by atoms with Crippen LogP contribution in [0, 0.1) is 28.6 Å². The van der Waals surface area contributed by atoms with Crippen molar-refractivity contribution in [3.05, 3.63) is 0 Å². The van der Waals surface area contributed by atoms with Gasteiger partial charge in [-0.2, -0.15) is 0 Å². The Labute approximate surface area is 176 Å². The third kappa shape index (κ3) is 2.51. The molecule has 8 nitrogen and oxygen atoms in total. The van der Waals surface area contributed by atoms with E-state index in [2.05, 4.69) is 0 Å². The Morgan fingerprint density at radius 3 is 2.53 bits per heavy atom. The summed E-state index contributed by atoms with van der Waals surface area (Å²) in [6, 6.07) is 0. The zero-order chi connectivity index (χ0) is 22.1. The Bertz CT molecular complexity index is 741. The first kappa shape index (κ1) is 22.1. The lowest BCUT2D eigenvalue weighted by Crippen LogP contribution is -2.75. The number of hydrogen-bond acceptors (Lipinski definition) is 8. The molecule has 0 bridgehead atoms. The zero-order valence-corrected chi connectivity index (χ0v) is 17.7. The molecule has 0 aromatic rings. The van der Waals surface area contributed by atoms with Crippen LogP contribution in [0.4, 0.5) is 0 Å². The van der Waals surface area contributed by atoms with Crippen LogP contribution in [0.15, 0.2) is 0 Å². The monoisotopic (exact) mass is 426 g/mol. The maximum atomic E-state index is 12.6. The number of hydrogen-bond donors (Lipinski definition) is 5. The van der Waals surface area contributed by atoms with E-state index in [1.165, 1.54) is 0 Å². The molecule has 0 heterocycles. The van der Waals surface area contributed by atoms with Crippen LogP contribution in [0.2, 0.25) is 0 Å². The van der Waals surface area contributed by atoms with Gasteiger partial charge in [0.25, 0.3) is 0 Å². The van der Waals surface area contributed by atoms with E-state index in [1.54, 1.807) is 6.92 Å². The Hall–Kier alpha value is -1.06. The minimum Gasteiger partial charge on any atom is -0.466 e. The fourth-order valence-corrected chi connectivity index (χ4v) is 7.94. The Morgan fingerprint density at radius 2 is 1.90 bits per heavy atom. The maximum Gasteiger partial charge on any atom is 0.309 e. The summed E-state index contributed by atoms with van der Waals surface area (Å²) in [6.45, 7) is 3.18. The van der Waals surface area contributed by atoms with Crippen molar-refractivity contribution in [2.24, 2.45) is 28.6 Å². The molecule has 4 aliphatic carbocycles. The third-order valence-corrected chi connectivity index (χ3v) is 9.33. The number of Topliss-reactive ketones (excluding diaryl/α,β-unsaturated/α-hetero) is 1. The molecule has 0 aromatic carbocycles. The van der Waals surface area contributed by atoms with E-state index < -0.39 is 58.6 Å². The molecule has 0 unspecified atom stereocenters. The predicted octanol–water partition coefficient (Wildman–Crippen LogP) is -0.0787. The molecule has 9 atom stereocenters. The normalized spacial score (nSPS) is 52.9. The van der Waals surface area contributed by atoms with Crippen LogP contribution in [0.25, 0.3) is 0 Å². The summed E-state index contributed by atoms with van der Waals surface area (Å²) < 4.78 is 5.24. The second-order valence-electron chi connectivity index (χ2n) is 10.3. The van der Waals surface area contributed by atoms with Gasteiger partial charge in [0, 0.05) is 24.2 Å². The average Bonchev–Trinajstić information content (AvgIpc) is 2.92. The smallest absolute Gasteiger partial charge is 0.309 e. The van der Waals surface area contributed by atoms with Crippen molar-refractivity contribution in [3.8, 4) is 0 Å². The van der Waals surface area contributed by atoms with Crippen molar-refractivity contribution in [2.75, 3.05) is 13.2 Å². The quantitative estimate of drug-likeness (QED) is 0.394. The van der Waals surface area contributed by atoms with Crippen LogP contribution < -0.4 is 0 Å². The van der Waals surface area contributed by atoms with Gasteiger partial charge in [0.05, 0.1) is 48.0 Å². The molecular formula is C22H34O8. The van der Waals surface area contributed by atoms with Gasteiger partial charge < -0.3 is 30.3 Å². The van der Waals surface area contributed by atoms with Gasteiger partial charge in [-0.25, -0.2) is 0 Å². The second kappa shape index (κ2) is 6.97. The summed E-state index contributed by atoms with van der Waals surface area (Å²) in [5, 5.41) is 56.1. The van der Waals surface area contributed by atoms with Crippen molar-refractivity contribution in [2.45, 2.75) is 82.2 Å². The van der Waals surface area contributed by atoms with Crippen LogP contribution >= 0.6 is 0 Å². The molecule has 170 valence electrons. The van der Waals surface area contributed by atoms with Crippen molar-refractivity contribution in [3.63, 3.8) is 0 Å². The molecule has 5 N–H and O–H groups in total. The largest absolute Gasteiger partial charge is 0.466 e. The van der Waals surface area contributed by atoms with E-state index in [-0.39, 0.29) is 44.0 Å². The number of carbonyl (C=O) groups is 2. The topological polar surface area (TPSA) is 145 Å². The highest BCUT2D eigenvalue weighted by molar-refractivity contribution is 5.81. The van der Waals surface area contributed by atoms with Crippen molar-refractivity contribution >= 4 is 11.8 Å². The zero-order valence-electron chi connectivity index (χ0n) is 17.7. The van der Waals surface area contributed by atoms with Gasteiger partial charge in [0.15, 0.2) is 0 Å². The predicted molar refractivity (Wildman–Crippen MR) is 104 cm³/mol. The van der Waals surface area contributed by atoms with Crippen molar-refractivity contribution in [1.29, 1.82) is 0 Å². The molecule has 0 aromatic heterocycles. The minimum atomic E-state index is -1.64. The SMILES string of the molecule is CCOC(=O)[C@H]1CC[C@@]2(O)[C@@H]3CC[C@@]4(O)CC(=O)C[C@@H](O)[C@]4(CO)[C@H]3[C@@H](O)C[C@]12C. The lowest BCUT2D eigenvalue weighted by atomic mass is 9.40. The molecule has 0 saturated heterocycles. The van der Waals surface area contributed by atoms with Gasteiger partial charge >= 0.3 is 5.97 Å². The van der Waals surface area contributed by atoms with Gasteiger partial charge in [0.1, 0.15) is 5.78 Å². The lowest BCUT2D eigenvalue weighted by Gasteiger charge is -2.67. The Balaban J connectivity index is 1.79. The number of fused-ring (bicyclic) bond motifs is 5. The lowest BCUT2D eigenvalue weighted by molar-refractivity contribution is -0.304. The highest BCUT2D eigenvalue weighted by atomic mass is 16.5. The number of ketones is 1. The molecule has 0 spiro atoms. The Kier molecular flexibility index (Phi) is 5.14. The standard InChI is InChI=1S/C22H34O8/c1-3-30-18(27)14-5-7-22(29)13-4-6-20(28)9-12(24)8-16(26)21(20,11-23)17(13)15(25)10-19(14,22)2/h13-17,23,25-26,28-29H,3-11H2,1-2H3/t13-,14-,15+,16-,17-,19-,20-,21-,22-/m1/s1. The number of rotatable bonds is 3. The molecule has 4 aliphatic rings. The molecule has 4 saturated carbocycles. The first-order valence-electron chi connectivity index (χ1n) is 11.1. The van der Waals surface area contributed by atoms with E-state index in [9.17, 15) is 35.1 Å². The van der Waals surface area contributed by atoms with Gasteiger partial charge in [-0.15, -0.1) is 0 Å². The summed E-state index contributed by atoms with van der Waals surface area (Å²) in [7, 11) is 0. The van der Waals surface area contributed by atoms with Crippen LogP contribution in [0.1, 0.15) is 58.8 Å². The average molecular weight is 427 g/mol. The van der Waals surface area contributed by atoms with E-state index in [0.29, 0.717) is 19.3 Å². The molecule has 0 radical (unpaired) electrons. The van der Waals surface area contributed by atoms with Crippen LogP contribution in [0.5, 0.6) is 0 Å². The highest BCUT2D eigenvalue weighted by Gasteiger charge is 2.75. The number of aliphatic hydroxyl groups excluding tert-OH is 3. The summed E-state index contributed by atoms with van der Waals surface area (Å²) in [4.78, 5) is 24.8. The molecule has 4 rings (SSSR count). The van der Waals surface area contributed by atoms with Gasteiger partial charge in [-0.1, -0.05) is 6.92 Å². The summed E-state index contributed by atoms with van der Waals surface area (Å²) >= 11 is 0.